The minimum Gasteiger partial charge on any atom is -0.444 e. The summed E-state index contributed by atoms with van der Waals surface area (Å²) in [6.45, 7) is 3.20. The van der Waals surface area contributed by atoms with Crippen molar-refractivity contribution in [2.75, 3.05) is 48.4 Å². The standard InChI is InChI=1S/C14H20N4O5S/c15-24(20,21)8-3-12-10-18(14(19)23-12)11-1-2-13(16-9-11)17-4-6-22-7-5-17/h1-2,9,12H,3-8,10H2,(H2,15,20,21). The summed E-state index contributed by atoms with van der Waals surface area (Å²) in [6, 6.07) is 3.66. The molecule has 0 spiro atoms. The maximum absolute atomic E-state index is 12.0. The molecule has 1 aromatic heterocycles. The third-order valence-electron chi connectivity index (χ3n) is 3.98. The number of carbonyl (C=O) groups is 1. The molecule has 0 aromatic carbocycles. The lowest BCUT2D eigenvalue weighted by molar-refractivity contribution is 0.122. The zero-order valence-corrected chi connectivity index (χ0v) is 13.9. The fraction of sp³-hybridized carbons (Fsp3) is 0.571. The number of nitrogens with zero attached hydrogens (tertiary/aromatic N) is 3. The fourth-order valence-electron chi connectivity index (χ4n) is 2.70. The molecular formula is C14H20N4O5S. The van der Waals surface area contributed by atoms with Crippen molar-refractivity contribution in [3.63, 3.8) is 0 Å². The Kier molecular flexibility index (Phi) is 4.88. The summed E-state index contributed by atoms with van der Waals surface area (Å²) in [5.74, 6) is 0.618. The van der Waals surface area contributed by atoms with E-state index in [4.69, 9.17) is 14.6 Å². The average Bonchev–Trinajstić information content (AvgIpc) is 2.94. The average molecular weight is 356 g/mol. The van der Waals surface area contributed by atoms with Gasteiger partial charge in [0, 0.05) is 19.5 Å². The highest BCUT2D eigenvalue weighted by atomic mass is 32.2. The summed E-state index contributed by atoms with van der Waals surface area (Å²) in [5, 5.41) is 4.98. The van der Waals surface area contributed by atoms with Crippen molar-refractivity contribution < 1.29 is 22.7 Å². The Morgan fingerprint density at radius 2 is 2.04 bits per heavy atom. The maximum Gasteiger partial charge on any atom is 0.414 e. The van der Waals surface area contributed by atoms with E-state index in [1.165, 1.54) is 4.90 Å². The molecule has 2 aliphatic heterocycles. The molecule has 3 heterocycles. The summed E-state index contributed by atoms with van der Waals surface area (Å²) in [6.07, 6.45) is 0.805. The van der Waals surface area contributed by atoms with Gasteiger partial charge in [0.2, 0.25) is 10.0 Å². The highest BCUT2D eigenvalue weighted by Gasteiger charge is 2.33. The predicted octanol–water partition coefficient (Wildman–Crippen LogP) is -0.0780. The molecule has 0 aliphatic carbocycles. The van der Waals surface area contributed by atoms with Gasteiger partial charge in [-0.15, -0.1) is 0 Å². The number of sulfonamides is 1. The third kappa shape index (κ3) is 4.13. The molecule has 2 saturated heterocycles. The number of hydrogen-bond acceptors (Lipinski definition) is 7. The zero-order valence-electron chi connectivity index (χ0n) is 13.1. The lowest BCUT2D eigenvalue weighted by Crippen LogP contribution is -2.36. The molecule has 3 rings (SSSR count). The third-order valence-corrected chi connectivity index (χ3v) is 4.78. The van der Waals surface area contributed by atoms with E-state index in [0.717, 1.165) is 18.9 Å². The zero-order chi connectivity index (χ0) is 17.2. The van der Waals surface area contributed by atoms with Crippen LogP contribution in [-0.4, -0.2) is 64.2 Å². The van der Waals surface area contributed by atoms with Gasteiger partial charge in [-0.2, -0.15) is 0 Å². The normalized spacial score (nSPS) is 21.9. The van der Waals surface area contributed by atoms with Crippen LogP contribution in [0, 0.1) is 0 Å². The number of carbonyl (C=O) groups excluding carboxylic acids is 1. The van der Waals surface area contributed by atoms with Gasteiger partial charge in [0.15, 0.2) is 0 Å². The first-order chi connectivity index (χ1) is 11.4. The number of cyclic esters (lactones) is 1. The monoisotopic (exact) mass is 356 g/mol. The van der Waals surface area contributed by atoms with Crippen molar-refractivity contribution >= 4 is 27.6 Å². The highest BCUT2D eigenvalue weighted by molar-refractivity contribution is 7.89. The van der Waals surface area contributed by atoms with Gasteiger partial charge in [-0.25, -0.2) is 23.3 Å². The molecule has 24 heavy (non-hydrogen) atoms. The van der Waals surface area contributed by atoms with E-state index in [9.17, 15) is 13.2 Å². The van der Waals surface area contributed by atoms with Crippen LogP contribution in [0.5, 0.6) is 0 Å². The van der Waals surface area contributed by atoms with Crippen LogP contribution in [0.4, 0.5) is 16.3 Å². The molecule has 132 valence electrons. The van der Waals surface area contributed by atoms with Gasteiger partial charge >= 0.3 is 6.09 Å². The molecule has 0 saturated carbocycles. The summed E-state index contributed by atoms with van der Waals surface area (Å²) >= 11 is 0. The number of amides is 1. The Labute approximate surface area is 140 Å². The molecule has 10 heteroatoms. The second kappa shape index (κ2) is 6.91. The van der Waals surface area contributed by atoms with Crippen molar-refractivity contribution in [1.29, 1.82) is 0 Å². The summed E-state index contributed by atoms with van der Waals surface area (Å²) < 4.78 is 32.5. The molecule has 0 radical (unpaired) electrons. The van der Waals surface area contributed by atoms with Crippen LogP contribution in [-0.2, 0) is 19.5 Å². The Morgan fingerprint density at radius 1 is 1.29 bits per heavy atom. The minimum absolute atomic E-state index is 0.181. The van der Waals surface area contributed by atoms with Crippen LogP contribution in [0.1, 0.15) is 6.42 Å². The van der Waals surface area contributed by atoms with Crippen molar-refractivity contribution in [2.24, 2.45) is 5.14 Å². The first-order valence-electron chi connectivity index (χ1n) is 7.70. The number of morpholine rings is 1. The first kappa shape index (κ1) is 16.9. The Morgan fingerprint density at radius 3 is 2.67 bits per heavy atom. The first-order valence-corrected chi connectivity index (χ1v) is 9.41. The maximum atomic E-state index is 12.0. The van der Waals surface area contributed by atoms with Gasteiger partial charge in [0.25, 0.3) is 0 Å². The molecule has 2 aliphatic rings. The summed E-state index contributed by atoms with van der Waals surface area (Å²) in [4.78, 5) is 19.9. The topological polar surface area (TPSA) is 115 Å². The molecule has 1 atom stereocenters. The second-order valence-corrected chi connectivity index (χ2v) is 7.48. The van der Waals surface area contributed by atoms with E-state index in [1.807, 2.05) is 6.07 Å². The van der Waals surface area contributed by atoms with Crippen LogP contribution in [0.25, 0.3) is 0 Å². The number of rotatable bonds is 5. The van der Waals surface area contributed by atoms with E-state index in [-0.39, 0.29) is 18.7 Å². The van der Waals surface area contributed by atoms with E-state index in [1.54, 1.807) is 12.3 Å². The Balaban J connectivity index is 1.62. The molecule has 2 fully saturated rings. The van der Waals surface area contributed by atoms with E-state index in [0.29, 0.717) is 18.9 Å². The van der Waals surface area contributed by atoms with Crippen molar-refractivity contribution in [3.8, 4) is 0 Å². The van der Waals surface area contributed by atoms with E-state index < -0.39 is 22.2 Å². The number of primary sulfonamides is 1. The fourth-order valence-corrected chi connectivity index (χ4v) is 3.29. The number of pyridine rings is 1. The van der Waals surface area contributed by atoms with Gasteiger partial charge in [-0.1, -0.05) is 0 Å². The van der Waals surface area contributed by atoms with Gasteiger partial charge in [-0.3, -0.25) is 4.90 Å². The second-order valence-electron chi connectivity index (χ2n) is 5.75. The number of nitrogens with two attached hydrogens (primary N) is 1. The molecule has 0 bridgehead atoms. The SMILES string of the molecule is NS(=O)(=O)CCC1CN(c2ccc(N3CCOCC3)nc2)C(=O)O1. The van der Waals surface area contributed by atoms with Gasteiger partial charge in [0.1, 0.15) is 11.9 Å². The quantitative estimate of drug-likeness (QED) is 0.785. The summed E-state index contributed by atoms with van der Waals surface area (Å²) in [5.41, 5.74) is 0.620. The Bertz CT molecular complexity index is 688. The molecule has 1 amide bonds. The number of hydrogen-bond donors (Lipinski definition) is 1. The van der Waals surface area contributed by atoms with E-state index >= 15 is 0 Å². The van der Waals surface area contributed by atoms with E-state index in [2.05, 4.69) is 9.88 Å². The van der Waals surface area contributed by atoms with Crippen molar-refractivity contribution in [1.82, 2.24) is 4.98 Å². The molecule has 9 nitrogen and oxygen atoms in total. The molecule has 1 aromatic rings. The number of aromatic nitrogens is 1. The van der Waals surface area contributed by atoms with Crippen molar-refractivity contribution in [2.45, 2.75) is 12.5 Å². The molecular weight excluding hydrogens is 336 g/mol. The number of ether oxygens (including phenoxy) is 2. The van der Waals surface area contributed by atoms with Crippen molar-refractivity contribution in [3.05, 3.63) is 18.3 Å². The van der Waals surface area contributed by atoms with Gasteiger partial charge < -0.3 is 14.4 Å². The summed E-state index contributed by atoms with van der Waals surface area (Å²) in [7, 11) is -3.57. The minimum atomic E-state index is -3.57. The number of anilines is 2. The lowest BCUT2D eigenvalue weighted by Gasteiger charge is -2.28. The van der Waals surface area contributed by atoms with Gasteiger partial charge in [-0.05, 0) is 12.1 Å². The highest BCUT2D eigenvalue weighted by Crippen LogP contribution is 2.24. The van der Waals surface area contributed by atoms with Gasteiger partial charge in [0.05, 0.1) is 37.4 Å². The van der Waals surface area contributed by atoms with Crippen LogP contribution >= 0.6 is 0 Å². The lowest BCUT2D eigenvalue weighted by atomic mass is 10.2. The molecule has 1 unspecified atom stereocenters. The van der Waals surface area contributed by atoms with Crippen LogP contribution < -0.4 is 14.9 Å². The largest absolute Gasteiger partial charge is 0.444 e. The molecule has 2 N–H and O–H groups in total. The Hall–Kier alpha value is -1.91. The van der Waals surface area contributed by atoms with Crippen LogP contribution in [0.2, 0.25) is 0 Å². The van der Waals surface area contributed by atoms with Crippen LogP contribution in [0.3, 0.4) is 0 Å². The smallest absolute Gasteiger partial charge is 0.414 e. The van der Waals surface area contributed by atoms with Crippen LogP contribution in [0.15, 0.2) is 18.3 Å². The predicted molar refractivity (Wildman–Crippen MR) is 87.5 cm³/mol.